The minimum Gasteiger partial charge on any atom is -0.356 e. The summed E-state index contributed by atoms with van der Waals surface area (Å²) >= 11 is 0. The minimum atomic E-state index is -0.376. The largest absolute Gasteiger partial charge is 0.356 e. The molecule has 1 aromatic heterocycles. The van der Waals surface area contributed by atoms with E-state index in [1.54, 1.807) is 30.3 Å². The molecule has 154 valence electrons. The smallest absolute Gasteiger partial charge is 0.229 e. The van der Waals surface area contributed by atoms with Gasteiger partial charge in [0.15, 0.2) is 0 Å². The molecule has 30 heavy (non-hydrogen) atoms. The van der Waals surface area contributed by atoms with Crippen LogP contribution in [0.5, 0.6) is 0 Å². The summed E-state index contributed by atoms with van der Waals surface area (Å²) in [6.45, 7) is 4.01. The van der Waals surface area contributed by atoms with Crippen LogP contribution in [0.1, 0.15) is 24.1 Å². The van der Waals surface area contributed by atoms with Crippen LogP contribution in [0.25, 0.3) is 0 Å². The van der Waals surface area contributed by atoms with Crippen molar-refractivity contribution in [3.05, 3.63) is 71.7 Å². The van der Waals surface area contributed by atoms with E-state index in [2.05, 4.69) is 25.5 Å². The van der Waals surface area contributed by atoms with Gasteiger partial charge >= 0.3 is 0 Å². The van der Waals surface area contributed by atoms with E-state index < -0.39 is 0 Å². The van der Waals surface area contributed by atoms with Crippen LogP contribution in [0, 0.1) is 12.7 Å². The summed E-state index contributed by atoms with van der Waals surface area (Å²) in [4.78, 5) is 23.6. The van der Waals surface area contributed by atoms with E-state index in [-0.39, 0.29) is 18.1 Å². The number of anilines is 4. The third kappa shape index (κ3) is 4.92. The molecule has 1 saturated heterocycles. The molecule has 1 aliphatic rings. The Morgan fingerprint density at radius 1 is 1.03 bits per heavy atom. The molecule has 0 radical (unpaired) electrons. The van der Waals surface area contributed by atoms with Crippen molar-refractivity contribution < 1.29 is 9.18 Å². The highest BCUT2D eigenvalue weighted by molar-refractivity contribution is 5.92. The molecule has 0 spiro atoms. The quantitative estimate of drug-likeness (QED) is 0.634. The van der Waals surface area contributed by atoms with Crippen molar-refractivity contribution in [3.63, 3.8) is 0 Å². The highest BCUT2D eigenvalue weighted by Gasteiger charge is 2.15. The van der Waals surface area contributed by atoms with Crippen molar-refractivity contribution in [2.75, 3.05) is 28.6 Å². The van der Waals surface area contributed by atoms with E-state index in [0.29, 0.717) is 17.2 Å². The summed E-state index contributed by atoms with van der Waals surface area (Å²) in [5.74, 6) is 0.851. The lowest BCUT2D eigenvalue weighted by Gasteiger charge is -2.17. The molecule has 1 fully saturated rings. The molecule has 7 heteroatoms. The SMILES string of the molecule is Cc1cc(N2CCCC2)nc(Nc2ccc(NC(=O)Cc3ccccc3F)cc2)n1. The van der Waals surface area contributed by atoms with Gasteiger partial charge < -0.3 is 15.5 Å². The van der Waals surface area contributed by atoms with Crippen molar-refractivity contribution >= 4 is 29.0 Å². The minimum absolute atomic E-state index is 0.0108. The Morgan fingerprint density at radius 3 is 2.47 bits per heavy atom. The molecular formula is C23H24FN5O. The second-order valence-electron chi connectivity index (χ2n) is 7.40. The number of aryl methyl sites for hydroxylation is 1. The zero-order valence-electron chi connectivity index (χ0n) is 16.9. The van der Waals surface area contributed by atoms with Gasteiger partial charge in [0.2, 0.25) is 11.9 Å². The van der Waals surface area contributed by atoms with Gasteiger partial charge in [-0.2, -0.15) is 4.98 Å². The number of halogens is 1. The lowest BCUT2D eigenvalue weighted by Crippen LogP contribution is -2.19. The second-order valence-corrected chi connectivity index (χ2v) is 7.40. The lowest BCUT2D eigenvalue weighted by atomic mass is 10.1. The average Bonchev–Trinajstić information content (AvgIpc) is 3.26. The van der Waals surface area contributed by atoms with Crippen LogP contribution in [0.15, 0.2) is 54.6 Å². The normalized spacial score (nSPS) is 13.3. The molecule has 0 aliphatic carbocycles. The monoisotopic (exact) mass is 405 g/mol. The molecule has 0 unspecified atom stereocenters. The van der Waals surface area contributed by atoms with Gasteiger partial charge in [-0.15, -0.1) is 0 Å². The second kappa shape index (κ2) is 8.90. The number of aromatic nitrogens is 2. The first-order valence-corrected chi connectivity index (χ1v) is 10.1. The fourth-order valence-corrected chi connectivity index (χ4v) is 3.50. The first kappa shape index (κ1) is 19.8. The maximum atomic E-state index is 13.7. The summed E-state index contributed by atoms with van der Waals surface area (Å²) in [6.07, 6.45) is 2.37. The molecular weight excluding hydrogens is 381 g/mol. The molecule has 1 aliphatic heterocycles. The Hall–Kier alpha value is -3.48. The summed E-state index contributed by atoms with van der Waals surface area (Å²) in [5.41, 5.74) is 2.75. The summed E-state index contributed by atoms with van der Waals surface area (Å²) in [6, 6.07) is 15.6. The fourth-order valence-electron chi connectivity index (χ4n) is 3.50. The van der Waals surface area contributed by atoms with Crippen molar-refractivity contribution in [2.24, 2.45) is 0 Å². The number of benzene rings is 2. The van der Waals surface area contributed by atoms with Crippen molar-refractivity contribution in [3.8, 4) is 0 Å². The number of amides is 1. The molecule has 4 rings (SSSR count). The Balaban J connectivity index is 1.39. The highest BCUT2D eigenvalue weighted by Crippen LogP contribution is 2.22. The average molecular weight is 405 g/mol. The number of nitrogens with one attached hydrogen (secondary N) is 2. The molecule has 0 saturated carbocycles. The molecule has 0 atom stereocenters. The summed E-state index contributed by atoms with van der Waals surface area (Å²) < 4.78 is 13.7. The van der Waals surface area contributed by atoms with Crippen LogP contribution in [-0.2, 0) is 11.2 Å². The molecule has 2 N–H and O–H groups in total. The van der Waals surface area contributed by atoms with Gasteiger partial charge in [0, 0.05) is 36.2 Å². The number of hydrogen-bond acceptors (Lipinski definition) is 5. The molecule has 1 amide bonds. The standard InChI is InChI=1S/C23H24FN5O/c1-16-14-21(29-12-4-5-13-29)28-23(25-16)27-19-10-8-18(9-11-19)26-22(30)15-17-6-2-3-7-20(17)24/h2-3,6-11,14H,4-5,12-13,15H2,1H3,(H,26,30)(H,25,27,28). The van der Waals surface area contributed by atoms with E-state index in [4.69, 9.17) is 0 Å². The Bertz CT molecular complexity index is 1030. The van der Waals surface area contributed by atoms with Crippen LogP contribution in [0.4, 0.5) is 27.5 Å². The van der Waals surface area contributed by atoms with E-state index in [0.717, 1.165) is 30.3 Å². The Labute approximate surface area is 175 Å². The van der Waals surface area contributed by atoms with E-state index in [9.17, 15) is 9.18 Å². The molecule has 2 aromatic carbocycles. The number of rotatable bonds is 6. The molecule has 6 nitrogen and oxygen atoms in total. The van der Waals surface area contributed by atoms with E-state index >= 15 is 0 Å². The van der Waals surface area contributed by atoms with Gasteiger partial charge in [-0.1, -0.05) is 18.2 Å². The summed E-state index contributed by atoms with van der Waals surface area (Å²) in [7, 11) is 0. The first-order chi connectivity index (χ1) is 14.6. The predicted octanol–water partition coefficient (Wildman–Crippen LogP) is 4.45. The first-order valence-electron chi connectivity index (χ1n) is 10.1. The van der Waals surface area contributed by atoms with Gasteiger partial charge in [0.1, 0.15) is 11.6 Å². The van der Waals surface area contributed by atoms with Crippen LogP contribution < -0.4 is 15.5 Å². The number of nitrogens with zero attached hydrogens (tertiary/aromatic N) is 3. The van der Waals surface area contributed by atoms with E-state index in [1.807, 2.05) is 25.1 Å². The van der Waals surface area contributed by atoms with Gasteiger partial charge in [-0.05, 0) is 55.7 Å². The van der Waals surface area contributed by atoms with Crippen molar-refractivity contribution in [1.29, 1.82) is 0 Å². The lowest BCUT2D eigenvalue weighted by molar-refractivity contribution is -0.115. The number of carbonyl (C=O) groups is 1. The van der Waals surface area contributed by atoms with Crippen LogP contribution in [0.3, 0.4) is 0 Å². The third-order valence-corrected chi connectivity index (χ3v) is 5.00. The summed E-state index contributed by atoms with van der Waals surface area (Å²) in [5, 5.41) is 6.02. The maximum Gasteiger partial charge on any atom is 0.229 e. The van der Waals surface area contributed by atoms with Crippen molar-refractivity contribution in [2.45, 2.75) is 26.2 Å². The number of hydrogen-bond donors (Lipinski definition) is 2. The van der Waals surface area contributed by atoms with Crippen LogP contribution in [-0.4, -0.2) is 29.0 Å². The van der Waals surface area contributed by atoms with Crippen molar-refractivity contribution in [1.82, 2.24) is 9.97 Å². The van der Waals surface area contributed by atoms with Gasteiger partial charge in [-0.25, -0.2) is 9.37 Å². The third-order valence-electron chi connectivity index (χ3n) is 5.00. The molecule has 2 heterocycles. The fraction of sp³-hybridized carbons (Fsp3) is 0.261. The zero-order chi connectivity index (χ0) is 20.9. The molecule has 3 aromatic rings. The van der Waals surface area contributed by atoms with Crippen LogP contribution in [0.2, 0.25) is 0 Å². The topological polar surface area (TPSA) is 70.2 Å². The van der Waals surface area contributed by atoms with Gasteiger partial charge in [0.05, 0.1) is 6.42 Å². The van der Waals surface area contributed by atoms with Crippen LogP contribution >= 0.6 is 0 Å². The Morgan fingerprint density at radius 2 is 1.73 bits per heavy atom. The Kier molecular flexibility index (Phi) is 5.88. The zero-order valence-corrected chi connectivity index (χ0v) is 16.9. The van der Waals surface area contributed by atoms with Gasteiger partial charge in [0.25, 0.3) is 0 Å². The predicted molar refractivity (Wildman–Crippen MR) is 117 cm³/mol. The van der Waals surface area contributed by atoms with E-state index in [1.165, 1.54) is 18.9 Å². The molecule has 0 bridgehead atoms. The number of carbonyl (C=O) groups excluding carboxylic acids is 1. The van der Waals surface area contributed by atoms with Gasteiger partial charge in [-0.3, -0.25) is 4.79 Å². The maximum absolute atomic E-state index is 13.7. The highest BCUT2D eigenvalue weighted by atomic mass is 19.1.